The molecule has 0 spiro atoms. The van der Waals surface area contributed by atoms with E-state index in [1.165, 1.54) is 12.1 Å². The van der Waals surface area contributed by atoms with Crippen LogP contribution in [0.2, 0.25) is 0 Å². The Morgan fingerprint density at radius 3 is 2.65 bits per heavy atom. The van der Waals surface area contributed by atoms with Crippen molar-refractivity contribution in [3.63, 3.8) is 0 Å². The lowest BCUT2D eigenvalue weighted by atomic mass is 9.94. The number of halogens is 1. The minimum Gasteiger partial charge on any atom is -0.481 e. The van der Waals surface area contributed by atoms with E-state index in [4.69, 9.17) is 5.11 Å². The predicted octanol–water partition coefficient (Wildman–Crippen LogP) is 2.33. The van der Waals surface area contributed by atoms with Gasteiger partial charge in [0.05, 0.1) is 6.42 Å². The van der Waals surface area contributed by atoms with Crippen molar-refractivity contribution in [2.24, 2.45) is 5.92 Å². The molecule has 2 atom stereocenters. The first-order valence-electron chi connectivity index (χ1n) is 6.64. The number of hydrogen-bond donors (Lipinski definition) is 2. The number of amides is 1. The Morgan fingerprint density at radius 1 is 1.45 bits per heavy atom. The number of nitrogens with one attached hydrogen (secondary N) is 1. The predicted molar refractivity (Wildman–Crippen MR) is 72.1 cm³/mol. The summed E-state index contributed by atoms with van der Waals surface area (Å²) in [6.07, 6.45) is 0.833. The summed E-state index contributed by atoms with van der Waals surface area (Å²) in [5.41, 5.74) is 1.01. The Hall–Kier alpha value is -1.91. The number of benzene rings is 1. The number of hydrogen-bond acceptors (Lipinski definition) is 2. The van der Waals surface area contributed by atoms with Crippen molar-refractivity contribution in [1.29, 1.82) is 0 Å². The van der Waals surface area contributed by atoms with Gasteiger partial charge in [-0.15, -0.1) is 0 Å². The van der Waals surface area contributed by atoms with E-state index in [1.54, 1.807) is 6.07 Å². The molecule has 0 heterocycles. The van der Waals surface area contributed by atoms with Gasteiger partial charge in [0.25, 0.3) is 5.91 Å². The highest BCUT2D eigenvalue weighted by Gasteiger charge is 2.48. The van der Waals surface area contributed by atoms with Gasteiger partial charge in [-0.05, 0) is 41.5 Å². The fraction of sp³-hybridized carbons (Fsp3) is 0.467. The van der Waals surface area contributed by atoms with Gasteiger partial charge in [0.1, 0.15) is 5.82 Å². The van der Waals surface area contributed by atoms with Crippen LogP contribution in [0.1, 0.15) is 42.6 Å². The van der Waals surface area contributed by atoms with Crippen molar-refractivity contribution < 1.29 is 19.1 Å². The van der Waals surface area contributed by atoms with Crippen molar-refractivity contribution in [3.8, 4) is 0 Å². The highest BCUT2D eigenvalue weighted by atomic mass is 19.1. The molecule has 2 rings (SSSR count). The second kappa shape index (κ2) is 5.23. The minimum absolute atomic E-state index is 0.0354. The number of aliphatic carboxylic acids is 1. The second-order valence-electron chi connectivity index (χ2n) is 5.65. The summed E-state index contributed by atoms with van der Waals surface area (Å²) in [6, 6.07) is 4.34. The summed E-state index contributed by atoms with van der Waals surface area (Å²) in [6.45, 7) is 4.18. The normalized spacial score (nSPS) is 24.2. The number of carbonyl (C=O) groups excluding carboxylic acids is 1. The van der Waals surface area contributed by atoms with Gasteiger partial charge in [0.2, 0.25) is 0 Å². The van der Waals surface area contributed by atoms with Crippen molar-refractivity contribution in [2.45, 2.75) is 32.1 Å². The Kier molecular flexibility index (Phi) is 3.79. The van der Waals surface area contributed by atoms with Crippen molar-refractivity contribution >= 4 is 11.9 Å². The lowest BCUT2D eigenvalue weighted by molar-refractivity contribution is -0.136. The van der Waals surface area contributed by atoms with Crippen LogP contribution in [0.15, 0.2) is 18.2 Å². The van der Waals surface area contributed by atoms with Crippen LogP contribution in [0.3, 0.4) is 0 Å². The molecule has 1 aliphatic rings. The van der Waals surface area contributed by atoms with Gasteiger partial charge in [0, 0.05) is 12.1 Å². The van der Waals surface area contributed by atoms with E-state index >= 15 is 0 Å². The van der Waals surface area contributed by atoms with E-state index in [0.29, 0.717) is 5.92 Å². The maximum atomic E-state index is 13.6. The average Bonchev–Trinajstić information content (AvgIpc) is 2.97. The number of rotatable bonds is 5. The molecular weight excluding hydrogens is 261 g/mol. The maximum Gasteiger partial charge on any atom is 0.305 e. The largest absolute Gasteiger partial charge is 0.481 e. The van der Waals surface area contributed by atoms with E-state index < -0.39 is 17.7 Å². The van der Waals surface area contributed by atoms with Crippen LogP contribution in [-0.4, -0.2) is 23.5 Å². The Balaban J connectivity index is 2.12. The lowest BCUT2D eigenvalue weighted by Crippen LogP contribution is -2.26. The first-order chi connectivity index (χ1) is 9.33. The van der Waals surface area contributed by atoms with Crippen LogP contribution in [-0.2, 0) is 10.2 Å². The van der Waals surface area contributed by atoms with Crippen LogP contribution in [0.5, 0.6) is 0 Å². The number of carbonyl (C=O) groups is 2. The molecule has 1 amide bonds. The van der Waals surface area contributed by atoms with Crippen molar-refractivity contribution in [1.82, 2.24) is 5.32 Å². The SMILES string of the molecule is CC1CC1(C)c1cc(F)cc(C(=O)NCCC(=O)O)c1. The van der Waals surface area contributed by atoms with E-state index in [9.17, 15) is 14.0 Å². The first-order valence-corrected chi connectivity index (χ1v) is 6.64. The molecule has 0 aromatic heterocycles. The molecule has 1 aliphatic carbocycles. The Morgan fingerprint density at radius 2 is 2.10 bits per heavy atom. The molecular formula is C15H18FNO3. The summed E-state index contributed by atoms with van der Waals surface area (Å²) in [7, 11) is 0. The van der Waals surface area contributed by atoms with Gasteiger partial charge in [0.15, 0.2) is 0 Å². The lowest BCUT2D eigenvalue weighted by Gasteiger charge is -2.13. The van der Waals surface area contributed by atoms with E-state index in [1.807, 2.05) is 0 Å². The average molecular weight is 279 g/mol. The zero-order valence-electron chi connectivity index (χ0n) is 11.6. The smallest absolute Gasteiger partial charge is 0.305 e. The fourth-order valence-electron chi connectivity index (χ4n) is 2.41. The molecule has 2 unspecified atom stereocenters. The molecule has 5 heteroatoms. The van der Waals surface area contributed by atoms with Gasteiger partial charge in [-0.1, -0.05) is 13.8 Å². The molecule has 0 aliphatic heterocycles. The summed E-state index contributed by atoms with van der Waals surface area (Å²) in [4.78, 5) is 22.3. The number of carboxylic acids is 1. The molecule has 1 fully saturated rings. The first kappa shape index (κ1) is 14.5. The Labute approximate surface area is 117 Å². The highest BCUT2D eigenvalue weighted by Crippen LogP contribution is 2.53. The van der Waals surface area contributed by atoms with Crippen molar-refractivity contribution in [3.05, 3.63) is 35.1 Å². The van der Waals surface area contributed by atoms with Crippen LogP contribution in [0, 0.1) is 11.7 Å². The van der Waals surface area contributed by atoms with Gasteiger partial charge in [-0.25, -0.2) is 4.39 Å². The molecule has 0 bridgehead atoms. The van der Waals surface area contributed by atoms with Crippen LogP contribution >= 0.6 is 0 Å². The standard InChI is InChI=1S/C15H18FNO3/c1-9-8-15(9,2)11-5-10(6-12(16)7-11)14(20)17-4-3-13(18)19/h5-7,9H,3-4,8H2,1-2H3,(H,17,20)(H,18,19). The quantitative estimate of drug-likeness (QED) is 0.869. The zero-order chi connectivity index (χ0) is 14.9. The molecule has 1 aromatic carbocycles. The van der Waals surface area contributed by atoms with Crippen molar-refractivity contribution in [2.75, 3.05) is 6.54 Å². The van der Waals surface area contributed by atoms with E-state index in [0.717, 1.165) is 12.0 Å². The van der Waals surface area contributed by atoms with E-state index in [2.05, 4.69) is 19.2 Å². The molecule has 1 aromatic rings. The fourth-order valence-corrected chi connectivity index (χ4v) is 2.41. The summed E-state index contributed by atoms with van der Waals surface area (Å²) >= 11 is 0. The minimum atomic E-state index is -0.982. The third-order valence-electron chi connectivity index (χ3n) is 4.10. The molecule has 1 saturated carbocycles. The van der Waals surface area contributed by atoms with Gasteiger partial charge in [-0.2, -0.15) is 0 Å². The Bertz CT molecular complexity index is 558. The molecule has 20 heavy (non-hydrogen) atoms. The molecule has 0 radical (unpaired) electrons. The highest BCUT2D eigenvalue weighted by molar-refractivity contribution is 5.94. The third kappa shape index (κ3) is 2.98. The molecule has 108 valence electrons. The van der Waals surface area contributed by atoms with Crippen LogP contribution in [0.25, 0.3) is 0 Å². The van der Waals surface area contributed by atoms with Gasteiger partial charge < -0.3 is 10.4 Å². The maximum absolute atomic E-state index is 13.6. The van der Waals surface area contributed by atoms with E-state index in [-0.39, 0.29) is 23.9 Å². The van der Waals surface area contributed by atoms with Crippen LogP contribution < -0.4 is 5.32 Å². The summed E-state index contributed by atoms with van der Waals surface area (Å²) < 4.78 is 13.6. The van der Waals surface area contributed by atoms with Gasteiger partial charge in [-0.3, -0.25) is 9.59 Å². The van der Waals surface area contributed by atoms with Crippen LogP contribution in [0.4, 0.5) is 4.39 Å². The topological polar surface area (TPSA) is 66.4 Å². The molecule has 0 saturated heterocycles. The van der Waals surface area contributed by atoms with Gasteiger partial charge >= 0.3 is 5.97 Å². The zero-order valence-corrected chi connectivity index (χ0v) is 11.6. The summed E-state index contributed by atoms with van der Waals surface area (Å²) in [5, 5.41) is 11.0. The summed E-state index contributed by atoms with van der Waals surface area (Å²) in [5.74, 6) is -1.38. The molecule has 2 N–H and O–H groups in total. The molecule has 4 nitrogen and oxygen atoms in total. The second-order valence-corrected chi connectivity index (χ2v) is 5.65. The third-order valence-corrected chi connectivity index (χ3v) is 4.10. The monoisotopic (exact) mass is 279 g/mol. The number of carboxylic acid groups (broad SMARTS) is 1.